The molecule has 1 amide bonds. The molecule has 2 aliphatic rings. The van der Waals surface area contributed by atoms with E-state index in [0.717, 1.165) is 76.7 Å². The monoisotopic (exact) mass is 470 g/mol. The number of hydrogen-bond acceptors (Lipinski definition) is 4. The van der Waals surface area contributed by atoms with Gasteiger partial charge in [0.25, 0.3) is 0 Å². The second-order valence-corrected chi connectivity index (χ2v) is 10.3. The normalized spacial score (nSPS) is 23.2. The molecule has 0 radical (unpaired) electrons. The summed E-state index contributed by atoms with van der Waals surface area (Å²) in [6.45, 7) is 8.43. The van der Waals surface area contributed by atoms with Gasteiger partial charge in [-0.1, -0.05) is 6.07 Å². The Kier molecular flexibility index (Phi) is 8.54. The highest BCUT2D eigenvalue weighted by Gasteiger charge is 2.31. The first-order chi connectivity index (χ1) is 15.5. The van der Waals surface area contributed by atoms with Gasteiger partial charge < -0.3 is 19.7 Å². The largest absolute Gasteiger partial charge is 0.490 e. The van der Waals surface area contributed by atoms with E-state index in [1.165, 1.54) is 6.07 Å². The van der Waals surface area contributed by atoms with Crippen LogP contribution in [-0.2, 0) is 10.9 Å². The molecule has 1 N–H and O–H groups in total. The second kappa shape index (κ2) is 11.0. The molecule has 1 aromatic carbocycles. The number of nitrogens with zero attached hydrogens (tertiary/aromatic N) is 1. The minimum atomic E-state index is -4.35. The fraction of sp³-hybridized carbons (Fsp3) is 0.720. The van der Waals surface area contributed by atoms with Crippen molar-refractivity contribution in [1.82, 2.24) is 10.2 Å². The molecular weight excluding hydrogens is 433 g/mol. The van der Waals surface area contributed by atoms with Gasteiger partial charge in [0.2, 0.25) is 0 Å². The molecule has 0 aromatic heterocycles. The first-order valence-corrected chi connectivity index (χ1v) is 12.0. The zero-order valence-electron chi connectivity index (χ0n) is 19.9. The number of benzene rings is 1. The maximum atomic E-state index is 12.9. The number of alkyl carbamates (subject to hydrolysis) is 1. The zero-order valence-corrected chi connectivity index (χ0v) is 19.9. The van der Waals surface area contributed by atoms with E-state index in [-0.39, 0.29) is 18.2 Å². The Balaban J connectivity index is 1.32. The summed E-state index contributed by atoms with van der Waals surface area (Å²) in [5.41, 5.74) is -1.15. The van der Waals surface area contributed by atoms with Crippen LogP contribution in [0.25, 0.3) is 0 Å². The number of ether oxygens (including phenoxy) is 2. The number of carbonyl (C=O) groups excluding carboxylic acids is 1. The summed E-state index contributed by atoms with van der Waals surface area (Å²) in [5, 5.41) is 2.99. The van der Waals surface area contributed by atoms with Crippen molar-refractivity contribution in [3.63, 3.8) is 0 Å². The lowest BCUT2D eigenvalue weighted by molar-refractivity contribution is -0.137. The Bertz CT molecular complexity index is 763. The van der Waals surface area contributed by atoms with Gasteiger partial charge in [-0.3, -0.25) is 0 Å². The number of piperidine rings is 1. The first kappa shape index (κ1) is 25.7. The molecule has 1 aromatic rings. The van der Waals surface area contributed by atoms with Crippen LogP contribution in [0.2, 0.25) is 0 Å². The zero-order chi connectivity index (χ0) is 24.1. The third-order valence-corrected chi connectivity index (χ3v) is 6.42. The number of likely N-dealkylation sites (tertiary alicyclic amines) is 1. The minimum absolute atomic E-state index is 0.0425. The molecule has 33 heavy (non-hydrogen) atoms. The first-order valence-electron chi connectivity index (χ1n) is 12.0. The van der Waals surface area contributed by atoms with Gasteiger partial charge in [0.15, 0.2) is 0 Å². The van der Waals surface area contributed by atoms with Crippen LogP contribution in [0.4, 0.5) is 18.0 Å². The van der Waals surface area contributed by atoms with E-state index in [1.54, 1.807) is 6.07 Å². The van der Waals surface area contributed by atoms with E-state index < -0.39 is 17.3 Å². The van der Waals surface area contributed by atoms with Crippen molar-refractivity contribution < 1.29 is 27.4 Å². The number of carbonyl (C=O) groups is 1. The molecule has 8 heteroatoms. The molecule has 0 bridgehead atoms. The Morgan fingerprint density at radius 2 is 1.73 bits per heavy atom. The van der Waals surface area contributed by atoms with Crippen molar-refractivity contribution in [2.24, 2.45) is 5.92 Å². The summed E-state index contributed by atoms with van der Waals surface area (Å²) < 4.78 is 49.8. The summed E-state index contributed by atoms with van der Waals surface area (Å²) in [6.07, 6.45) is 2.23. The number of hydrogen-bond donors (Lipinski definition) is 1. The Hall–Kier alpha value is -1.96. The highest BCUT2D eigenvalue weighted by molar-refractivity contribution is 5.68. The number of halogens is 3. The van der Waals surface area contributed by atoms with Crippen LogP contribution in [0.1, 0.15) is 71.3 Å². The van der Waals surface area contributed by atoms with Gasteiger partial charge in [-0.15, -0.1) is 0 Å². The molecule has 2 fully saturated rings. The maximum Gasteiger partial charge on any atom is 0.416 e. The number of rotatable bonds is 6. The lowest BCUT2D eigenvalue weighted by Gasteiger charge is -2.34. The van der Waals surface area contributed by atoms with Crippen LogP contribution in [0.3, 0.4) is 0 Å². The van der Waals surface area contributed by atoms with Gasteiger partial charge in [0.05, 0.1) is 5.56 Å². The molecule has 0 atom stereocenters. The van der Waals surface area contributed by atoms with Crippen LogP contribution < -0.4 is 10.1 Å². The predicted octanol–water partition coefficient (Wildman–Crippen LogP) is 6.02. The van der Waals surface area contributed by atoms with Gasteiger partial charge in [0, 0.05) is 19.1 Å². The molecule has 1 saturated carbocycles. The van der Waals surface area contributed by atoms with Crippen molar-refractivity contribution in [2.75, 3.05) is 19.6 Å². The molecule has 186 valence electrons. The highest BCUT2D eigenvalue weighted by Crippen LogP contribution is 2.32. The molecule has 1 saturated heterocycles. The Labute approximate surface area is 195 Å². The molecule has 3 rings (SSSR count). The Morgan fingerprint density at radius 3 is 2.33 bits per heavy atom. The summed E-state index contributed by atoms with van der Waals surface area (Å²) in [5.74, 6) is 0.959. The maximum absolute atomic E-state index is 12.9. The van der Waals surface area contributed by atoms with Crippen LogP contribution in [0.15, 0.2) is 24.3 Å². The number of amides is 1. The summed E-state index contributed by atoms with van der Waals surface area (Å²) in [4.78, 5) is 14.4. The van der Waals surface area contributed by atoms with E-state index in [0.29, 0.717) is 11.7 Å². The number of nitrogens with one attached hydrogen (secondary N) is 1. The van der Waals surface area contributed by atoms with Crippen LogP contribution in [0.5, 0.6) is 5.75 Å². The summed E-state index contributed by atoms with van der Waals surface area (Å²) in [7, 11) is 0. The predicted molar refractivity (Wildman–Crippen MR) is 121 cm³/mol. The molecule has 5 nitrogen and oxygen atoms in total. The third-order valence-electron chi connectivity index (χ3n) is 6.42. The average molecular weight is 471 g/mol. The molecule has 1 aliphatic carbocycles. The van der Waals surface area contributed by atoms with Gasteiger partial charge in [-0.25, -0.2) is 4.79 Å². The van der Waals surface area contributed by atoms with Crippen molar-refractivity contribution in [3.05, 3.63) is 29.8 Å². The van der Waals surface area contributed by atoms with Gasteiger partial charge in [-0.2, -0.15) is 13.2 Å². The van der Waals surface area contributed by atoms with Crippen molar-refractivity contribution >= 4 is 6.09 Å². The fourth-order valence-corrected chi connectivity index (χ4v) is 4.62. The minimum Gasteiger partial charge on any atom is -0.490 e. The molecular formula is C25H37F3N2O3. The van der Waals surface area contributed by atoms with E-state index in [2.05, 4.69) is 10.2 Å². The average Bonchev–Trinajstić information content (AvgIpc) is 2.72. The van der Waals surface area contributed by atoms with Crippen molar-refractivity contribution in [1.29, 1.82) is 0 Å². The van der Waals surface area contributed by atoms with Crippen LogP contribution >= 0.6 is 0 Å². The quantitative estimate of drug-likeness (QED) is 0.552. The second-order valence-electron chi connectivity index (χ2n) is 10.3. The van der Waals surface area contributed by atoms with Crippen molar-refractivity contribution in [3.8, 4) is 5.75 Å². The molecule has 0 unspecified atom stereocenters. The number of alkyl halides is 3. The topological polar surface area (TPSA) is 50.8 Å². The lowest BCUT2D eigenvalue weighted by Crippen LogP contribution is -2.41. The van der Waals surface area contributed by atoms with Gasteiger partial charge in [-0.05, 0) is 96.4 Å². The smallest absolute Gasteiger partial charge is 0.416 e. The summed E-state index contributed by atoms with van der Waals surface area (Å²) >= 11 is 0. The van der Waals surface area contributed by atoms with E-state index in [9.17, 15) is 18.0 Å². The van der Waals surface area contributed by atoms with E-state index in [4.69, 9.17) is 9.47 Å². The molecule has 0 spiro atoms. The molecule has 1 heterocycles. The van der Waals surface area contributed by atoms with Gasteiger partial charge >= 0.3 is 12.3 Å². The van der Waals surface area contributed by atoms with Crippen molar-refractivity contribution in [2.45, 2.75) is 89.6 Å². The van der Waals surface area contributed by atoms with E-state index >= 15 is 0 Å². The standard InChI is InChI=1S/C25H37F3N2O3/c1-24(2,3)33-23(31)29-20-9-7-18(8-10-20)11-14-30-15-12-21(13-16-30)32-22-6-4-5-19(17-22)25(26,27)28/h4-6,17-18,20-21H,7-16H2,1-3H3,(H,29,31)/t18-,20-. The highest BCUT2D eigenvalue weighted by atomic mass is 19.4. The third kappa shape index (κ3) is 8.72. The van der Waals surface area contributed by atoms with E-state index in [1.807, 2.05) is 20.8 Å². The van der Waals surface area contributed by atoms with Crippen LogP contribution in [0, 0.1) is 5.92 Å². The molecule has 1 aliphatic heterocycles. The Morgan fingerprint density at radius 1 is 1.06 bits per heavy atom. The van der Waals surface area contributed by atoms with Crippen LogP contribution in [-0.4, -0.2) is 48.4 Å². The fourth-order valence-electron chi connectivity index (χ4n) is 4.62. The van der Waals surface area contributed by atoms with Gasteiger partial charge in [0.1, 0.15) is 17.5 Å². The summed E-state index contributed by atoms with van der Waals surface area (Å²) in [6, 6.07) is 5.33. The lowest BCUT2D eigenvalue weighted by atomic mass is 9.84. The SMILES string of the molecule is CC(C)(C)OC(=O)N[C@H]1CC[C@H](CCN2CCC(Oc3cccc(C(F)(F)F)c3)CC2)CC1.